The smallest absolute Gasteiger partial charge is 0.328 e. The summed E-state index contributed by atoms with van der Waals surface area (Å²) < 4.78 is 1.86. The van der Waals surface area contributed by atoms with Crippen molar-refractivity contribution in [3.05, 3.63) is 30.4 Å². The Bertz CT molecular complexity index is 409. The molecule has 0 aliphatic heterocycles. The molecule has 0 fully saturated rings. The number of carboxylic acids is 1. The monoisotopic (exact) mass is 223 g/mol. The molecule has 0 spiro atoms. The molecule has 0 atom stereocenters. The van der Waals surface area contributed by atoms with Crippen molar-refractivity contribution in [3.8, 4) is 0 Å². The van der Waals surface area contributed by atoms with Gasteiger partial charge >= 0.3 is 5.97 Å². The van der Waals surface area contributed by atoms with E-state index < -0.39 is 11.9 Å². The fourth-order valence-electron chi connectivity index (χ4n) is 1.14. The third-order valence-corrected chi connectivity index (χ3v) is 1.95. The van der Waals surface area contributed by atoms with E-state index in [1.165, 1.54) is 0 Å². The molecule has 0 saturated carbocycles. The Kier molecular flexibility index (Phi) is 4.26. The number of hydrogen-bond acceptors (Lipinski definition) is 3. The first-order valence-corrected chi connectivity index (χ1v) is 4.74. The standard InChI is InChI=1S/C10H13N3O3/c1-13-7-6-11-8(13)4-5-12-9(14)2-3-10(15)16/h2-3,6-7H,4-5H2,1H3,(H,12,14)(H,15,16)/b3-2+. The zero-order valence-electron chi connectivity index (χ0n) is 8.88. The molecule has 1 rings (SSSR count). The lowest BCUT2D eigenvalue weighted by Crippen LogP contribution is -2.24. The molecule has 0 aromatic carbocycles. The van der Waals surface area contributed by atoms with Gasteiger partial charge in [0.05, 0.1) is 0 Å². The Hall–Kier alpha value is -2.11. The van der Waals surface area contributed by atoms with Crippen LogP contribution >= 0.6 is 0 Å². The number of aliphatic carboxylic acids is 1. The van der Waals surface area contributed by atoms with Gasteiger partial charge in [0.2, 0.25) is 5.91 Å². The van der Waals surface area contributed by atoms with E-state index in [0.717, 1.165) is 18.0 Å². The van der Waals surface area contributed by atoms with Gasteiger partial charge in [0, 0.05) is 44.6 Å². The Morgan fingerprint density at radius 3 is 2.88 bits per heavy atom. The highest BCUT2D eigenvalue weighted by molar-refractivity contribution is 5.93. The van der Waals surface area contributed by atoms with E-state index in [4.69, 9.17) is 5.11 Å². The Morgan fingerprint density at radius 2 is 2.31 bits per heavy atom. The number of nitrogens with zero attached hydrogens (tertiary/aromatic N) is 2. The van der Waals surface area contributed by atoms with Crippen LogP contribution < -0.4 is 5.32 Å². The van der Waals surface area contributed by atoms with Crippen LogP contribution in [0.5, 0.6) is 0 Å². The van der Waals surface area contributed by atoms with Crippen LogP contribution in [0, 0.1) is 0 Å². The average Bonchev–Trinajstić information content (AvgIpc) is 2.61. The number of carbonyl (C=O) groups is 2. The predicted molar refractivity (Wildman–Crippen MR) is 56.7 cm³/mol. The van der Waals surface area contributed by atoms with Gasteiger partial charge in [-0.2, -0.15) is 0 Å². The van der Waals surface area contributed by atoms with Gasteiger partial charge in [-0.25, -0.2) is 9.78 Å². The number of nitrogens with one attached hydrogen (secondary N) is 1. The Labute approximate surface area is 92.6 Å². The molecule has 0 saturated heterocycles. The van der Waals surface area contributed by atoms with E-state index >= 15 is 0 Å². The Balaban J connectivity index is 2.28. The van der Waals surface area contributed by atoms with Gasteiger partial charge in [-0.3, -0.25) is 4.79 Å². The molecular weight excluding hydrogens is 210 g/mol. The molecule has 0 bridgehead atoms. The van der Waals surface area contributed by atoms with Crippen molar-refractivity contribution in [1.82, 2.24) is 14.9 Å². The van der Waals surface area contributed by atoms with Crippen molar-refractivity contribution in [1.29, 1.82) is 0 Å². The summed E-state index contributed by atoms with van der Waals surface area (Å²) >= 11 is 0. The maximum absolute atomic E-state index is 11.1. The van der Waals surface area contributed by atoms with Crippen molar-refractivity contribution < 1.29 is 14.7 Å². The highest BCUT2D eigenvalue weighted by atomic mass is 16.4. The van der Waals surface area contributed by atoms with Gasteiger partial charge in [-0.15, -0.1) is 0 Å². The zero-order valence-corrected chi connectivity index (χ0v) is 8.88. The molecule has 2 N–H and O–H groups in total. The number of aromatic nitrogens is 2. The van der Waals surface area contributed by atoms with Crippen LogP contribution in [0.3, 0.4) is 0 Å². The summed E-state index contributed by atoms with van der Waals surface area (Å²) in [4.78, 5) is 25.3. The highest BCUT2D eigenvalue weighted by Gasteiger charge is 2.00. The van der Waals surface area contributed by atoms with E-state index in [9.17, 15) is 9.59 Å². The average molecular weight is 223 g/mol. The predicted octanol–water partition coefficient (Wildman–Crippen LogP) is -0.280. The number of carbonyl (C=O) groups excluding carboxylic acids is 1. The fraction of sp³-hybridized carbons (Fsp3) is 0.300. The minimum atomic E-state index is -1.14. The van der Waals surface area contributed by atoms with Gasteiger partial charge in [0.25, 0.3) is 0 Å². The summed E-state index contributed by atoms with van der Waals surface area (Å²) in [5.41, 5.74) is 0. The minimum Gasteiger partial charge on any atom is -0.478 e. The Morgan fingerprint density at radius 1 is 1.56 bits per heavy atom. The summed E-state index contributed by atoms with van der Waals surface area (Å²) in [6, 6.07) is 0. The number of hydrogen-bond donors (Lipinski definition) is 2. The SMILES string of the molecule is Cn1ccnc1CCNC(=O)/C=C/C(=O)O. The molecule has 6 heteroatoms. The maximum atomic E-state index is 11.1. The van der Waals surface area contributed by atoms with E-state index in [0.29, 0.717) is 13.0 Å². The maximum Gasteiger partial charge on any atom is 0.328 e. The topological polar surface area (TPSA) is 84.2 Å². The first-order chi connectivity index (χ1) is 7.59. The van der Waals surface area contributed by atoms with Crippen LogP contribution in [0.4, 0.5) is 0 Å². The summed E-state index contributed by atoms with van der Waals surface area (Å²) in [6.07, 6.45) is 5.90. The second-order valence-electron chi connectivity index (χ2n) is 3.17. The molecule has 1 amide bonds. The first kappa shape index (κ1) is 12.0. The lowest BCUT2D eigenvalue weighted by Gasteiger charge is -2.02. The number of aryl methyl sites for hydroxylation is 1. The van der Waals surface area contributed by atoms with Crippen molar-refractivity contribution >= 4 is 11.9 Å². The van der Waals surface area contributed by atoms with Crippen molar-refractivity contribution in [2.75, 3.05) is 6.54 Å². The van der Waals surface area contributed by atoms with Crippen LogP contribution in [0.25, 0.3) is 0 Å². The van der Waals surface area contributed by atoms with Crippen LogP contribution in [0.1, 0.15) is 5.82 Å². The second kappa shape index (κ2) is 5.69. The number of carboxylic acid groups (broad SMARTS) is 1. The quantitative estimate of drug-likeness (QED) is 0.672. The zero-order chi connectivity index (χ0) is 12.0. The molecule has 0 aliphatic carbocycles. The summed E-state index contributed by atoms with van der Waals surface area (Å²) in [7, 11) is 1.87. The van der Waals surface area contributed by atoms with Gasteiger partial charge in [-0.1, -0.05) is 0 Å². The molecule has 0 aliphatic rings. The summed E-state index contributed by atoms with van der Waals surface area (Å²) in [5.74, 6) is -0.696. The van der Waals surface area contributed by atoms with Gasteiger partial charge in [0.1, 0.15) is 5.82 Å². The number of rotatable bonds is 5. The van der Waals surface area contributed by atoms with Crippen LogP contribution in [-0.2, 0) is 23.1 Å². The fourth-order valence-corrected chi connectivity index (χ4v) is 1.14. The molecule has 0 unspecified atom stereocenters. The second-order valence-corrected chi connectivity index (χ2v) is 3.17. The van der Waals surface area contributed by atoms with E-state index in [-0.39, 0.29) is 0 Å². The van der Waals surface area contributed by atoms with Gasteiger partial charge in [-0.05, 0) is 0 Å². The number of amides is 1. The molecule has 86 valence electrons. The minimum absolute atomic E-state index is 0.420. The molecule has 1 heterocycles. The van der Waals surface area contributed by atoms with E-state index in [2.05, 4.69) is 10.3 Å². The summed E-state index contributed by atoms with van der Waals surface area (Å²) in [5, 5.41) is 10.9. The van der Waals surface area contributed by atoms with Crippen molar-refractivity contribution in [3.63, 3.8) is 0 Å². The molecule has 1 aromatic rings. The van der Waals surface area contributed by atoms with Crippen LogP contribution in [0.2, 0.25) is 0 Å². The van der Waals surface area contributed by atoms with Crippen molar-refractivity contribution in [2.45, 2.75) is 6.42 Å². The van der Waals surface area contributed by atoms with E-state index in [1.54, 1.807) is 6.20 Å². The molecule has 0 radical (unpaired) electrons. The molecule has 6 nitrogen and oxygen atoms in total. The highest BCUT2D eigenvalue weighted by Crippen LogP contribution is 1.93. The first-order valence-electron chi connectivity index (χ1n) is 4.74. The lowest BCUT2D eigenvalue weighted by molar-refractivity contribution is -0.131. The third kappa shape index (κ3) is 3.95. The van der Waals surface area contributed by atoms with Crippen LogP contribution in [-0.4, -0.2) is 33.1 Å². The molecule has 16 heavy (non-hydrogen) atoms. The van der Waals surface area contributed by atoms with E-state index in [1.807, 2.05) is 17.8 Å². The number of imidazole rings is 1. The largest absolute Gasteiger partial charge is 0.478 e. The third-order valence-electron chi connectivity index (χ3n) is 1.95. The molecular formula is C10H13N3O3. The van der Waals surface area contributed by atoms with Crippen LogP contribution in [0.15, 0.2) is 24.5 Å². The summed E-state index contributed by atoms with van der Waals surface area (Å²) in [6.45, 7) is 0.424. The lowest BCUT2D eigenvalue weighted by atomic mass is 10.4. The van der Waals surface area contributed by atoms with Gasteiger partial charge < -0.3 is 15.0 Å². The normalized spacial score (nSPS) is 10.6. The molecule has 1 aromatic heterocycles. The van der Waals surface area contributed by atoms with Gasteiger partial charge in [0.15, 0.2) is 0 Å². The van der Waals surface area contributed by atoms with Crippen molar-refractivity contribution in [2.24, 2.45) is 7.05 Å².